The molecule has 102 valence electrons. The van der Waals surface area contributed by atoms with Gasteiger partial charge in [0.2, 0.25) is 5.95 Å². The fourth-order valence-electron chi connectivity index (χ4n) is 2.74. The third-order valence-corrected chi connectivity index (χ3v) is 3.71. The lowest BCUT2D eigenvalue weighted by atomic mass is 10.1. The van der Waals surface area contributed by atoms with Crippen LogP contribution in [0.2, 0.25) is 0 Å². The van der Waals surface area contributed by atoms with E-state index in [-0.39, 0.29) is 0 Å². The number of aromatic nitrogens is 2. The first-order chi connectivity index (χ1) is 8.70. The molecule has 1 N–H and O–H groups in total. The lowest BCUT2D eigenvalue weighted by molar-refractivity contribution is 0.160. The highest BCUT2D eigenvalue weighted by Crippen LogP contribution is 2.15. The van der Waals surface area contributed by atoms with E-state index in [2.05, 4.69) is 46.7 Å². The van der Waals surface area contributed by atoms with Gasteiger partial charge < -0.3 is 9.88 Å². The Hall–Kier alpha value is -1.03. The van der Waals surface area contributed by atoms with Gasteiger partial charge in [0.25, 0.3) is 0 Å². The van der Waals surface area contributed by atoms with Crippen molar-refractivity contribution in [1.29, 1.82) is 0 Å². The Bertz CT molecular complexity index is 366. The number of imidazole rings is 1. The van der Waals surface area contributed by atoms with Crippen LogP contribution >= 0.6 is 0 Å². The molecule has 18 heavy (non-hydrogen) atoms. The second-order valence-corrected chi connectivity index (χ2v) is 5.33. The Balaban J connectivity index is 1.98. The molecule has 1 fully saturated rings. The first-order valence-electron chi connectivity index (χ1n) is 7.22. The molecule has 0 aliphatic carbocycles. The molecule has 0 saturated carbocycles. The highest BCUT2D eigenvalue weighted by Gasteiger charge is 2.18. The van der Waals surface area contributed by atoms with Crippen LogP contribution in [0, 0.1) is 6.92 Å². The Kier molecular flexibility index (Phi) is 4.64. The zero-order valence-corrected chi connectivity index (χ0v) is 11.9. The molecule has 4 heteroatoms. The van der Waals surface area contributed by atoms with E-state index in [9.17, 15) is 0 Å². The van der Waals surface area contributed by atoms with Crippen LogP contribution in [0.15, 0.2) is 6.20 Å². The van der Waals surface area contributed by atoms with Gasteiger partial charge in [-0.2, -0.15) is 0 Å². The van der Waals surface area contributed by atoms with Gasteiger partial charge in [0.15, 0.2) is 0 Å². The van der Waals surface area contributed by atoms with Gasteiger partial charge in [-0.1, -0.05) is 6.42 Å². The third-order valence-electron chi connectivity index (χ3n) is 3.71. The summed E-state index contributed by atoms with van der Waals surface area (Å²) in [5.41, 5.74) is 1.09. The van der Waals surface area contributed by atoms with Crippen molar-refractivity contribution in [3.05, 3.63) is 11.9 Å². The second-order valence-electron chi connectivity index (χ2n) is 5.33. The summed E-state index contributed by atoms with van der Waals surface area (Å²) in [5.74, 6) is 1.01. The Morgan fingerprint density at radius 2 is 2.06 bits per heavy atom. The summed E-state index contributed by atoms with van der Waals surface area (Å²) >= 11 is 0. The lowest BCUT2D eigenvalue weighted by Gasteiger charge is -2.32. The average Bonchev–Trinajstić information content (AvgIpc) is 2.71. The molecule has 1 unspecified atom stereocenters. The van der Waals surface area contributed by atoms with Gasteiger partial charge in [0.1, 0.15) is 0 Å². The van der Waals surface area contributed by atoms with Crippen LogP contribution in [-0.2, 0) is 6.54 Å². The summed E-state index contributed by atoms with van der Waals surface area (Å²) in [6.07, 6.45) is 6.26. The van der Waals surface area contributed by atoms with Crippen molar-refractivity contribution in [2.75, 3.05) is 25.0 Å². The maximum absolute atomic E-state index is 4.53. The third kappa shape index (κ3) is 3.25. The number of hydrogen-bond donors (Lipinski definition) is 1. The summed E-state index contributed by atoms with van der Waals surface area (Å²) in [5, 5.41) is 3.34. The van der Waals surface area contributed by atoms with Gasteiger partial charge in [0, 0.05) is 25.3 Å². The van der Waals surface area contributed by atoms with E-state index in [1.54, 1.807) is 0 Å². The molecule has 0 spiro atoms. The first-order valence-corrected chi connectivity index (χ1v) is 7.22. The molecular formula is C14H26N4. The van der Waals surface area contributed by atoms with Gasteiger partial charge in [-0.05, 0) is 46.7 Å². The normalized spacial score (nSPS) is 18.8. The summed E-state index contributed by atoms with van der Waals surface area (Å²) in [7, 11) is 0. The molecule has 1 aliphatic heterocycles. The van der Waals surface area contributed by atoms with Crippen LogP contribution in [0.4, 0.5) is 5.95 Å². The minimum Gasteiger partial charge on any atom is -0.356 e. The lowest BCUT2D eigenvalue weighted by Crippen LogP contribution is -2.39. The average molecular weight is 250 g/mol. The van der Waals surface area contributed by atoms with Gasteiger partial charge in [-0.25, -0.2) is 4.98 Å². The van der Waals surface area contributed by atoms with Crippen LogP contribution < -0.4 is 5.32 Å². The number of piperidine rings is 1. The highest BCUT2D eigenvalue weighted by atomic mass is 15.2. The first kappa shape index (κ1) is 13.4. The van der Waals surface area contributed by atoms with E-state index < -0.39 is 0 Å². The van der Waals surface area contributed by atoms with Crippen molar-refractivity contribution in [2.24, 2.45) is 0 Å². The molecule has 1 atom stereocenters. The van der Waals surface area contributed by atoms with Crippen molar-refractivity contribution in [3.63, 3.8) is 0 Å². The number of rotatable bonds is 5. The minimum absolute atomic E-state index is 0.594. The summed E-state index contributed by atoms with van der Waals surface area (Å²) < 4.78 is 2.26. The van der Waals surface area contributed by atoms with Crippen molar-refractivity contribution in [2.45, 2.75) is 52.6 Å². The molecule has 2 rings (SSSR count). The van der Waals surface area contributed by atoms with Crippen molar-refractivity contribution >= 4 is 5.95 Å². The standard InChI is InChI=1S/C14H26N4/c1-4-15-14-16-12(2)10-18(14)11-13(3)17-8-6-5-7-9-17/h10,13H,4-9,11H2,1-3H3,(H,15,16). The fraction of sp³-hybridized carbons (Fsp3) is 0.786. The topological polar surface area (TPSA) is 33.1 Å². The van der Waals surface area contributed by atoms with Crippen LogP contribution in [0.1, 0.15) is 38.8 Å². The molecule has 2 heterocycles. The molecule has 0 aromatic carbocycles. The molecule has 0 amide bonds. The molecule has 0 radical (unpaired) electrons. The Morgan fingerprint density at radius 3 is 2.72 bits per heavy atom. The van der Waals surface area contributed by atoms with E-state index in [1.807, 2.05) is 0 Å². The number of anilines is 1. The number of hydrogen-bond acceptors (Lipinski definition) is 3. The number of aryl methyl sites for hydroxylation is 1. The van der Waals surface area contributed by atoms with E-state index in [0.717, 1.165) is 24.7 Å². The zero-order valence-electron chi connectivity index (χ0n) is 11.9. The summed E-state index contributed by atoms with van der Waals surface area (Å²) in [6.45, 7) is 11.0. The minimum atomic E-state index is 0.594. The van der Waals surface area contributed by atoms with Gasteiger partial charge in [0.05, 0.1) is 5.69 Å². The maximum Gasteiger partial charge on any atom is 0.203 e. The molecule has 1 aromatic rings. The zero-order chi connectivity index (χ0) is 13.0. The largest absolute Gasteiger partial charge is 0.356 e. The van der Waals surface area contributed by atoms with E-state index in [1.165, 1.54) is 32.4 Å². The van der Waals surface area contributed by atoms with Crippen LogP contribution in [0.3, 0.4) is 0 Å². The van der Waals surface area contributed by atoms with Crippen molar-refractivity contribution in [1.82, 2.24) is 14.5 Å². The summed E-state index contributed by atoms with van der Waals surface area (Å²) in [4.78, 5) is 7.14. The number of likely N-dealkylation sites (tertiary alicyclic amines) is 1. The van der Waals surface area contributed by atoms with E-state index >= 15 is 0 Å². The molecule has 0 bridgehead atoms. The molecule has 1 aliphatic rings. The predicted molar refractivity (Wildman–Crippen MR) is 76.0 cm³/mol. The monoisotopic (exact) mass is 250 g/mol. The van der Waals surface area contributed by atoms with Gasteiger partial charge in [-0.3, -0.25) is 4.90 Å². The van der Waals surface area contributed by atoms with Crippen LogP contribution in [0.5, 0.6) is 0 Å². The quantitative estimate of drug-likeness (QED) is 0.871. The van der Waals surface area contributed by atoms with E-state index in [0.29, 0.717) is 6.04 Å². The summed E-state index contributed by atoms with van der Waals surface area (Å²) in [6, 6.07) is 0.594. The number of nitrogens with zero attached hydrogens (tertiary/aromatic N) is 3. The maximum atomic E-state index is 4.53. The van der Waals surface area contributed by atoms with Crippen LogP contribution in [-0.4, -0.2) is 40.1 Å². The van der Waals surface area contributed by atoms with Crippen molar-refractivity contribution in [3.8, 4) is 0 Å². The van der Waals surface area contributed by atoms with Crippen molar-refractivity contribution < 1.29 is 0 Å². The molecular weight excluding hydrogens is 224 g/mol. The Morgan fingerprint density at radius 1 is 1.33 bits per heavy atom. The Labute approximate surface area is 110 Å². The van der Waals surface area contributed by atoms with Gasteiger partial charge >= 0.3 is 0 Å². The second kappa shape index (κ2) is 6.23. The highest BCUT2D eigenvalue weighted by molar-refractivity contribution is 5.28. The predicted octanol–water partition coefficient (Wildman–Crippen LogP) is 2.50. The van der Waals surface area contributed by atoms with Crippen LogP contribution in [0.25, 0.3) is 0 Å². The SMILES string of the molecule is CCNc1nc(C)cn1CC(C)N1CCCCC1. The smallest absolute Gasteiger partial charge is 0.203 e. The van der Waals surface area contributed by atoms with Gasteiger partial charge in [-0.15, -0.1) is 0 Å². The molecule has 4 nitrogen and oxygen atoms in total. The molecule has 1 saturated heterocycles. The fourth-order valence-corrected chi connectivity index (χ4v) is 2.74. The number of nitrogens with one attached hydrogen (secondary N) is 1. The molecule has 1 aromatic heterocycles. The van der Waals surface area contributed by atoms with E-state index in [4.69, 9.17) is 0 Å².